The van der Waals surface area contributed by atoms with Crippen LogP contribution in [0.15, 0.2) is 18.2 Å². The average molecular weight is 281 g/mol. The Balaban J connectivity index is 2.66. The highest BCUT2D eigenvalue weighted by Crippen LogP contribution is 2.18. The molecule has 1 aromatic rings. The highest BCUT2D eigenvalue weighted by Gasteiger charge is 2.07. The van der Waals surface area contributed by atoms with Crippen LogP contribution in [-0.2, 0) is 6.54 Å². The SMILES string of the molecule is CC(CBr)NCc1c(F)cccc1Cl. The van der Waals surface area contributed by atoms with E-state index in [9.17, 15) is 4.39 Å². The van der Waals surface area contributed by atoms with Gasteiger partial charge in [0, 0.05) is 28.5 Å². The Labute approximate surface area is 96.8 Å². The third-order valence-electron chi connectivity index (χ3n) is 1.92. The molecule has 1 N–H and O–H groups in total. The van der Waals surface area contributed by atoms with Crippen molar-refractivity contribution < 1.29 is 4.39 Å². The zero-order valence-corrected chi connectivity index (χ0v) is 10.2. The lowest BCUT2D eigenvalue weighted by Gasteiger charge is -2.11. The predicted octanol–water partition coefficient (Wildman–Crippen LogP) is 3.35. The largest absolute Gasteiger partial charge is 0.309 e. The molecule has 0 saturated heterocycles. The molecule has 1 rings (SSSR count). The summed E-state index contributed by atoms with van der Waals surface area (Å²) >= 11 is 9.20. The molecule has 0 aliphatic heterocycles. The monoisotopic (exact) mass is 279 g/mol. The zero-order chi connectivity index (χ0) is 10.6. The fraction of sp³-hybridized carbons (Fsp3) is 0.400. The summed E-state index contributed by atoms with van der Waals surface area (Å²) in [5, 5.41) is 4.46. The van der Waals surface area contributed by atoms with E-state index >= 15 is 0 Å². The van der Waals surface area contributed by atoms with Gasteiger partial charge < -0.3 is 5.32 Å². The molecule has 0 aliphatic carbocycles. The number of nitrogens with one attached hydrogen (secondary N) is 1. The minimum absolute atomic E-state index is 0.258. The number of benzene rings is 1. The summed E-state index contributed by atoms with van der Waals surface area (Å²) in [4.78, 5) is 0. The van der Waals surface area contributed by atoms with E-state index < -0.39 is 0 Å². The molecule has 0 amide bonds. The molecular formula is C10H12BrClFN. The van der Waals surface area contributed by atoms with E-state index in [-0.39, 0.29) is 5.82 Å². The molecule has 0 aromatic heterocycles. The molecule has 1 unspecified atom stereocenters. The van der Waals surface area contributed by atoms with Crippen molar-refractivity contribution in [3.05, 3.63) is 34.6 Å². The lowest BCUT2D eigenvalue weighted by Crippen LogP contribution is -2.27. The Morgan fingerprint density at radius 3 is 2.86 bits per heavy atom. The van der Waals surface area contributed by atoms with Crippen molar-refractivity contribution in [2.24, 2.45) is 0 Å². The van der Waals surface area contributed by atoms with Crippen LogP contribution in [0.1, 0.15) is 12.5 Å². The molecule has 0 heterocycles. The molecule has 1 atom stereocenters. The van der Waals surface area contributed by atoms with Gasteiger partial charge in [-0.1, -0.05) is 33.6 Å². The Bertz CT molecular complexity index is 286. The first-order chi connectivity index (χ1) is 6.65. The van der Waals surface area contributed by atoms with E-state index in [4.69, 9.17) is 11.6 Å². The highest BCUT2D eigenvalue weighted by atomic mass is 79.9. The quantitative estimate of drug-likeness (QED) is 0.834. The van der Waals surface area contributed by atoms with Crippen molar-refractivity contribution in [3.63, 3.8) is 0 Å². The van der Waals surface area contributed by atoms with E-state index in [2.05, 4.69) is 21.2 Å². The molecule has 0 radical (unpaired) electrons. The highest BCUT2D eigenvalue weighted by molar-refractivity contribution is 9.09. The first kappa shape index (κ1) is 12.0. The van der Waals surface area contributed by atoms with Crippen LogP contribution < -0.4 is 5.32 Å². The number of rotatable bonds is 4. The maximum Gasteiger partial charge on any atom is 0.129 e. The van der Waals surface area contributed by atoms with E-state index in [0.717, 1.165) is 5.33 Å². The number of hydrogen-bond acceptors (Lipinski definition) is 1. The molecule has 14 heavy (non-hydrogen) atoms. The minimum Gasteiger partial charge on any atom is -0.309 e. The normalized spacial score (nSPS) is 12.9. The molecule has 1 nitrogen and oxygen atoms in total. The average Bonchev–Trinajstić information content (AvgIpc) is 2.16. The maximum absolute atomic E-state index is 13.3. The maximum atomic E-state index is 13.3. The van der Waals surface area contributed by atoms with E-state index in [1.807, 2.05) is 6.92 Å². The standard InChI is InChI=1S/C10H12BrClFN/c1-7(5-11)14-6-8-9(12)3-2-4-10(8)13/h2-4,7,14H,5-6H2,1H3. The van der Waals surface area contributed by atoms with Gasteiger partial charge in [0.05, 0.1) is 0 Å². The Morgan fingerprint density at radius 1 is 1.57 bits per heavy atom. The van der Waals surface area contributed by atoms with E-state index in [0.29, 0.717) is 23.2 Å². The van der Waals surface area contributed by atoms with Crippen LogP contribution in [-0.4, -0.2) is 11.4 Å². The van der Waals surface area contributed by atoms with Crippen LogP contribution in [0.2, 0.25) is 5.02 Å². The Morgan fingerprint density at radius 2 is 2.29 bits per heavy atom. The van der Waals surface area contributed by atoms with Crippen LogP contribution in [0, 0.1) is 5.82 Å². The van der Waals surface area contributed by atoms with Crippen LogP contribution in [0.25, 0.3) is 0 Å². The smallest absolute Gasteiger partial charge is 0.129 e. The van der Waals surface area contributed by atoms with Gasteiger partial charge in [-0.2, -0.15) is 0 Å². The summed E-state index contributed by atoms with van der Waals surface area (Å²) in [5.41, 5.74) is 0.530. The van der Waals surface area contributed by atoms with Crippen molar-refractivity contribution in [1.82, 2.24) is 5.32 Å². The summed E-state index contributed by atoms with van der Waals surface area (Å²) in [5.74, 6) is -0.258. The summed E-state index contributed by atoms with van der Waals surface area (Å²) < 4.78 is 13.3. The molecule has 78 valence electrons. The summed E-state index contributed by atoms with van der Waals surface area (Å²) in [6, 6.07) is 5.02. The van der Waals surface area contributed by atoms with Gasteiger partial charge in [-0.05, 0) is 19.1 Å². The van der Waals surface area contributed by atoms with E-state index in [1.54, 1.807) is 12.1 Å². The van der Waals surface area contributed by atoms with Gasteiger partial charge in [0.15, 0.2) is 0 Å². The second-order valence-corrected chi connectivity index (χ2v) is 4.19. The Kier molecular flexibility index (Phi) is 4.85. The van der Waals surface area contributed by atoms with Crippen LogP contribution >= 0.6 is 27.5 Å². The number of alkyl halides is 1. The van der Waals surface area contributed by atoms with Gasteiger partial charge in [0.25, 0.3) is 0 Å². The van der Waals surface area contributed by atoms with Crippen LogP contribution in [0.4, 0.5) is 4.39 Å². The molecule has 0 aliphatic rings. The van der Waals surface area contributed by atoms with Crippen molar-refractivity contribution in [2.45, 2.75) is 19.5 Å². The lowest BCUT2D eigenvalue weighted by atomic mass is 10.2. The summed E-state index contributed by atoms with van der Waals surface area (Å²) in [6.07, 6.45) is 0. The van der Waals surface area contributed by atoms with Gasteiger partial charge in [0.2, 0.25) is 0 Å². The number of halogens is 3. The topological polar surface area (TPSA) is 12.0 Å². The molecule has 4 heteroatoms. The second-order valence-electron chi connectivity index (χ2n) is 3.14. The number of hydrogen-bond donors (Lipinski definition) is 1. The summed E-state index contributed by atoms with van der Waals surface area (Å²) in [6.45, 7) is 2.47. The third-order valence-corrected chi connectivity index (χ3v) is 3.25. The fourth-order valence-corrected chi connectivity index (χ4v) is 1.49. The first-order valence-corrected chi connectivity index (χ1v) is 5.87. The Hall–Kier alpha value is -0.120. The van der Waals surface area contributed by atoms with Crippen molar-refractivity contribution >= 4 is 27.5 Å². The molecule has 0 saturated carbocycles. The molecule has 0 bridgehead atoms. The fourth-order valence-electron chi connectivity index (χ4n) is 1.03. The third kappa shape index (κ3) is 3.23. The lowest BCUT2D eigenvalue weighted by molar-refractivity contribution is 0.558. The zero-order valence-electron chi connectivity index (χ0n) is 7.86. The van der Waals surface area contributed by atoms with Gasteiger partial charge in [-0.25, -0.2) is 4.39 Å². The van der Waals surface area contributed by atoms with Crippen molar-refractivity contribution in [2.75, 3.05) is 5.33 Å². The van der Waals surface area contributed by atoms with E-state index in [1.165, 1.54) is 6.07 Å². The van der Waals surface area contributed by atoms with Gasteiger partial charge >= 0.3 is 0 Å². The van der Waals surface area contributed by atoms with Crippen LogP contribution in [0.3, 0.4) is 0 Å². The first-order valence-electron chi connectivity index (χ1n) is 4.37. The van der Waals surface area contributed by atoms with Gasteiger partial charge in [0.1, 0.15) is 5.82 Å². The minimum atomic E-state index is -0.258. The molecule has 1 aromatic carbocycles. The van der Waals surface area contributed by atoms with Crippen LogP contribution in [0.5, 0.6) is 0 Å². The molecule has 0 spiro atoms. The van der Waals surface area contributed by atoms with Crippen molar-refractivity contribution in [1.29, 1.82) is 0 Å². The van der Waals surface area contributed by atoms with Crippen molar-refractivity contribution in [3.8, 4) is 0 Å². The molecular weight excluding hydrogens is 268 g/mol. The summed E-state index contributed by atoms with van der Waals surface area (Å²) in [7, 11) is 0. The molecule has 0 fully saturated rings. The second kappa shape index (κ2) is 5.69. The van der Waals surface area contributed by atoms with Gasteiger partial charge in [-0.3, -0.25) is 0 Å². The predicted molar refractivity (Wildman–Crippen MR) is 61.5 cm³/mol. The van der Waals surface area contributed by atoms with Gasteiger partial charge in [-0.15, -0.1) is 0 Å².